The van der Waals surface area contributed by atoms with Crippen LogP contribution in [0, 0.1) is 0 Å². The quantitative estimate of drug-likeness (QED) is 0.627. The molecule has 0 fully saturated rings. The number of ether oxygens (including phenoxy) is 1. The Labute approximate surface area is 201 Å². The first kappa shape index (κ1) is 20.8. The van der Waals surface area contributed by atoms with E-state index in [0.29, 0.717) is 12.2 Å². The first-order valence-electron chi connectivity index (χ1n) is 12.1. The number of anilines is 1. The zero-order valence-corrected chi connectivity index (χ0v) is 19.2. The van der Waals surface area contributed by atoms with Crippen LogP contribution in [0.2, 0.25) is 0 Å². The largest absolute Gasteiger partial charge is 0.486 e. The van der Waals surface area contributed by atoms with Crippen LogP contribution in [0.3, 0.4) is 0 Å². The van der Waals surface area contributed by atoms with E-state index in [4.69, 9.17) is 10.5 Å². The van der Waals surface area contributed by atoms with Gasteiger partial charge in [0.25, 0.3) is 0 Å². The van der Waals surface area contributed by atoms with Gasteiger partial charge in [0.15, 0.2) is 0 Å². The maximum Gasteiger partial charge on any atom is 0.141 e. The second-order valence-electron chi connectivity index (χ2n) is 9.22. The van der Waals surface area contributed by atoms with Gasteiger partial charge in [0.05, 0.1) is 18.3 Å². The summed E-state index contributed by atoms with van der Waals surface area (Å²) in [7, 11) is 0. The highest BCUT2D eigenvalue weighted by Gasteiger charge is 2.36. The predicted molar refractivity (Wildman–Crippen MR) is 140 cm³/mol. The Morgan fingerprint density at radius 2 is 1.79 bits per heavy atom. The van der Waals surface area contributed by atoms with Gasteiger partial charge >= 0.3 is 0 Å². The maximum absolute atomic E-state index is 6.38. The lowest BCUT2D eigenvalue weighted by Gasteiger charge is -2.44. The molecule has 0 spiro atoms. The summed E-state index contributed by atoms with van der Waals surface area (Å²) in [4.78, 5) is 6.89. The summed E-state index contributed by atoms with van der Waals surface area (Å²) in [6.45, 7) is 0.689. The van der Waals surface area contributed by atoms with Crippen LogP contribution < -0.4 is 10.6 Å². The van der Waals surface area contributed by atoms with Gasteiger partial charge in [0.1, 0.15) is 11.9 Å². The number of nitrogens with two attached hydrogens (primary N) is 1. The first-order valence-corrected chi connectivity index (χ1v) is 12.1. The molecule has 2 atom stereocenters. The number of hydrogen-bond donors (Lipinski definition) is 1. The fraction of sp³-hybridized carbons (Fsp3) is 0.233. The van der Waals surface area contributed by atoms with Gasteiger partial charge in [0.2, 0.25) is 0 Å². The highest BCUT2D eigenvalue weighted by molar-refractivity contribution is 5.79. The molecule has 0 saturated heterocycles. The summed E-state index contributed by atoms with van der Waals surface area (Å²) < 4.78 is 6.38. The monoisotopic (exact) mass is 447 g/mol. The van der Waals surface area contributed by atoms with Crippen molar-refractivity contribution >= 4 is 17.5 Å². The molecular weight excluding hydrogens is 418 g/mol. The first-order chi connectivity index (χ1) is 16.8. The topological polar surface area (TPSA) is 50.8 Å². The van der Waals surface area contributed by atoms with Gasteiger partial charge in [-0.1, -0.05) is 54.7 Å². The summed E-state index contributed by atoms with van der Waals surface area (Å²) in [6.07, 6.45) is 27.5. The van der Waals surface area contributed by atoms with Gasteiger partial charge in [-0.05, 0) is 71.9 Å². The molecule has 170 valence electrons. The standard InChI is InChI=1S/C30H29N3O/c31-25-17-16-24(19-32-20-25)22-14-12-21(13-15-22)23-6-5-7-26(18-23)33-27-8-1-3-10-29(27)34-30-11-4-2-9-28(30)33/h1-3,5-10,12,14,16-18,20,27,29H,4,11,13,15,19,31H2. The molecule has 0 radical (unpaired) electrons. The number of rotatable bonds is 3. The van der Waals surface area contributed by atoms with E-state index in [0.717, 1.165) is 31.4 Å². The van der Waals surface area contributed by atoms with Crippen molar-refractivity contribution in [1.82, 2.24) is 0 Å². The second kappa shape index (κ2) is 8.86. The molecule has 4 heteroatoms. The number of fused-ring (bicyclic) bond motifs is 1. The van der Waals surface area contributed by atoms with Crippen molar-refractivity contribution < 1.29 is 4.74 Å². The average molecular weight is 448 g/mol. The van der Waals surface area contributed by atoms with Gasteiger partial charge in [-0.15, -0.1) is 0 Å². The molecule has 5 aliphatic rings. The van der Waals surface area contributed by atoms with Crippen LogP contribution in [0.4, 0.5) is 5.69 Å². The van der Waals surface area contributed by atoms with Gasteiger partial charge in [0, 0.05) is 24.0 Å². The second-order valence-corrected chi connectivity index (χ2v) is 9.22. The summed E-state index contributed by atoms with van der Waals surface area (Å²) >= 11 is 0. The molecule has 0 amide bonds. The van der Waals surface area contributed by atoms with Crippen molar-refractivity contribution in [3.05, 3.63) is 119 Å². The summed E-state index contributed by atoms with van der Waals surface area (Å²) in [5.74, 6) is 1.10. The number of hydrogen-bond acceptors (Lipinski definition) is 4. The highest BCUT2D eigenvalue weighted by Crippen LogP contribution is 2.39. The van der Waals surface area contributed by atoms with Crippen LogP contribution in [-0.4, -0.2) is 24.9 Å². The summed E-state index contributed by atoms with van der Waals surface area (Å²) in [5.41, 5.74) is 14.3. The van der Waals surface area contributed by atoms with Gasteiger partial charge in [-0.25, -0.2) is 0 Å². The average Bonchev–Trinajstić information content (AvgIpc) is 3.12. The van der Waals surface area contributed by atoms with Crippen LogP contribution in [0.15, 0.2) is 118 Å². The molecule has 2 aliphatic heterocycles. The van der Waals surface area contributed by atoms with Crippen LogP contribution in [0.25, 0.3) is 5.57 Å². The van der Waals surface area contributed by atoms with E-state index >= 15 is 0 Å². The maximum atomic E-state index is 6.38. The Hall–Kier alpha value is -3.79. The van der Waals surface area contributed by atoms with Crippen LogP contribution in [0.1, 0.15) is 31.2 Å². The van der Waals surface area contributed by atoms with Crippen LogP contribution in [0.5, 0.6) is 0 Å². The number of nitrogens with zero attached hydrogens (tertiary/aromatic N) is 2. The third-order valence-electron chi connectivity index (χ3n) is 7.03. The Morgan fingerprint density at radius 1 is 0.941 bits per heavy atom. The zero-order chi connectivity index (χ0) is 22.9. The van der Waals surface area contributed by atoms with E-state index in [2.05, 4.69) is 88.8 Å². The van der Waals surface area contributed by atoms with E-state index in [-0.39, 0.29) is 12.1 Å². The number of aliphatic imine (C=N–C) groups is 1. The van der Waals surface area contributed by atoms with Crippen molar-refractivity contribution in [3.63, 3.8) is 0 Å². The van der Waals surface area contributed by atoms with Crippen molar-refractivity contribution in [2.45, 2.75) is 37.8 Å². The van der Waals surface area contributed by atoms with Gasteiger partial charge in [-0.2, -0.15) is 0 Å². The van der Waals surface area contributed by atoms with Crippen molar-refractivity contribution in [1.29, 1.82) is 0 Å². The minimum absolute atomic E-state index is 0.0527. The molecule has 6 rings (SSSR count). The molecule has 2 heterocycles. The van der Waals surface area contributed by atoms with E-state index in [1.54, 1.807) is 6.21 Å². The smallest absolute Gasteiger partial charge is 0.141 e. The van der Waals surface area contributed by atoms with Gasteiger partial charge in [-0.3, -0.25) is 4.99 Å². The molecule has 2 N–H and O–H groups in total. The molecule has 0 bridgehead atoms. The fourth-order valence-corrected chi connectivity index (χ4v) is 5.27. The third-order valence-corrected chi connectivity index (χ3v) is 7.03. The van der Waals surface area contributed by atoms with Crippen molar-refractivity contribution in [2.24, 2.45) is 10.7 Å². The number of allylic oxidation sites excluding steroid dienone is 11. The number of benzene rings is 1. The molecule has 1 aromatic carbocycles. The Bertz CT molecular complexity index is 1280. The molecule has 2 unspecified atom stereocenters. The normalized spacial score (nSPS) is 25.5. The van der Waals surface area contributed by atoms with Crippen LogP contribution in [-0.2, 0) is 4.74 Å². The lowest BCUT2D eigenvalue weighted by atomic mass is 9.89. The van der Waals surface area contributed by atoms with Crippen LogP contribution >= 0.6 is 0 Å². The minimum atomic E-state index is 0.0527. The Morgan fingerprint density at radius 3 is 2.71 bits per heavy atom. The zero-order valence-electron chi connectivity index (χ0n) is 19.2. The predicted octanol–water partition coefficient (Wildman–Crippen LogP) is 5.91. The van der Waals surface area contributed by atoms with E-state index < -0.39 is 0 Å². The van der Waals surface area contributed by atoms with Crippen molar-refractivity contribution in [3.8, 4) is 0 Å². The highest BCUT2D eigenvalue weighted by atomic mass is 16.5. The minimum Gasteiger partial charge on any atom is -0.486 e. The lowest BCUT2D eigenvalue weighted by Crippen LogP contribution is -2.47. The molecule has 3 aliphatic carbocycles. The molecule has 0 saturated carbocycles. The molecule has 1 aromatic rings. The van der Waals surface area contributed by atoms with E-state index in [1.165, 1.54) is 33.7 Å². The van der Waals surface area contributed by atoms with Crippen molar-refractivity contribution in [2.75, 3.05) is 11.4 Å². The molecule has 34 heavy (non-hydrogen) atoms. The fourth-order valence-electron chi connectivity index (χ4n) is 5.27. The lowest BCUT2D eigenvalue weighted by molar-refractivity contribution is 0.115. The Balaban J connectivity index is 1.32. The molecule has 0 aromatic heterocycles. The molecule has 4 nitrogen and oxygen atoms in total. The SMILES string of the molecule is NC1=CC=C(C2=CC=C(c3cccc(N4C5=C(CCC=C5)OC5C=CC=CC54)c3)CC2)CN=C1. The van der Waals surface area contributed by atoms with E-state index in [1.807, 2.05) is 6.08 Å². The Kier molecular flexibility index (Phi) is 5.42. The summed E-state index contributed by atoms with van der Waals surface area (Å²) in [6, 6.07) is 9.14. The van der Waals surface area contributed by atoms with E-state index in [9.17, 15) is 0 Å². The summed E-state index contributed by atoms with van der Waals surface area (Å²) in [5, 5.41) is 0. The van der Waals surface area contributed by atoms with Gasteiger partial charge < -0.3 is 15.4 Å². The molecular formula is C30H29N3O. The third kappa shape index (κ3) is 3.90.